The number of rotatable bonds is 5. The van der Waals surface area contributed by atoms with E-state index < -0.39 is 6.04 Å². The lowest BCUT2D eigenvalue weighted by Crippen LogP contribution is -2.56. The van der Waals surface area contributed by atoms with Crippen LogP contribution in [0.3, 0.4) is 0 Å². The summed E-state index contributed by atoms with van der Waals surface area (Å²) in [5.74, 6) is 0.517. The minimum Gasteiger partial charge on any atom is -0.388 e. The monoisotopic (exact) mass is 466 g/mol. The Morgan fingerprint density at radius 1 is 0.943 bits per heavy atom. The number of carbonyl (C=O) groups excluding carboxylic acids is 1. The second-order valence-corrected chi connectivity index (χ2v) is 9.44. The largest absolute Gasteiger partial charge is 0.388 e. The van der Waals surface area contributed by atoms with E-state index >= 15 is 0 Å². The smallest absolute Gasteiger partial charge is 0.253 e. The maximum Gasteiger partial charge on any atom is 0.253 e. The van der Waals surface area contributed by atoms with Crippen LogP contribution in [0.4, 0.5) is 10.1 Å². The molecule has 3 aromatic carbocycles. The number of amidine groups is 1. The van der Waals surface area contributed by atoms with Crippen LogP contribution in [0.5, 0.6) is 0 Å². The lowest BCUT2D eigenvalue weighted by molar-refractivity contribution is -0.128. The van der Waals surface area contributed by atoms with Crippen LogP contribution in [0.1, 0.15) is 28.7 Å². The number of aliphatic imine (C=N–C) groups is 2. The second-order valence-electron chi connectivity index (χ2n) is 9.44. The molecule has 0 aromatic heterocycles. The molecule has 3 aromatic rings. The van der Waals surface area contributed by atoms with Gasteiger partial charge < -0.3 is 5.32 Å². The first-order valence-electron chi connectivity index (χ1n) is 12.2. The van der Waals surface area contributed by atoms with Crippen LogP contribution < -0.4 is 5.32 Å². The molecule has 0 spiro atoms. The summed E-state index contributed by atoms with van der Waals surface area (Å²) in [6.07, 6.45) is 2.86. The van der Waals surface area contributed by atoms with Crippen LogP contribution in [0, 0.1) is 5.82 Å². The van der Waals surface area contributed by atoms with Crippen molar-refractivity contribution >= 4 is 23.1 Å². The number of hydrogen-bond acceptors (Lipinski definition) is 4. The normalized spacial score (nSPS) is 22.6. The molecule has 6 rings (SSSR count). The van der Waals surface area contributed by atoms with Gasteiger partial charge in [-0.05, 0) is 53.8 Å². The van der Waals surface area contributed by atoms with E-state index in [0.29, 0.717) is 12.8 Å². The molecule has 1 aliphatic carbocycles. The first-order chi connectivity index (χ1) is 17.1. The van der Waals surface area contributed by atoms with Gasteiger partial charge in [0.1, 0.15) is 23.7 Å². The fourth-order valence-corrected chi connectivity index (χ4v) is 5.51. The lowest BCUT2D eigenvalue weighted by atomic mass is 9.83. The fraction of sp³-hybridized carbons (Fsp3) is 0.276. The number of aryl methyl sites for hydroxylation is 1. The highest BCUT2D eigenvalue weighted by Gasteiger charge is 2.47. The molecule has 0 fully saturated rings. The van der Waals surface area contributed by atoms with Crippen molar-refractivity contribution in [1.82, 2.24) is 4.90 Å². The molecule has 3 atom stereocenters. The van der Waals surface area contributed by atoms with Gasteiger partial charge in [-0.3, -0.25) is 19.7 Å². The topological polar surface area (TPSA) is 57.1 Å². The Kier molecular flexibility index (Phi) is 5.44. The van der Waals surface area contributed by atoms with Gasteiger partial charge in [-0.15, -0.1) is 0 Å². The predicted molar refractivity (Wildman–Crippen MR) is 137 cm³/mol. The Balaban J connectivity index is 1.39. The molecule has 3 unspecified atom stereocenters. The lowest BCUT2D eigenvalue weighted by Gasteiger charge is -2.40. The molecule has 2 heterocycles. The third-order valence-electron chi connectivity index (χ3n) is 7.25. The van der Waals surface area contributed by atoms with Crippen LogP contribution in [-0.2, 0) is 24.1 Å². The first-order valence-corrected chi connectivity index (χ1v) is 12.2. The van der Waals surface area contributed by atoms with E-state index in [9.17, 15) is 9.18 Å². The van der Waals surface area contributed by atoms with E-state index in [-0.39, 0.29) is 23.8 Å². The third kappa shape index (κ3) is 3.93. The zero-order valence-corrected chi connectivity index (χ0v) is 19.6. The van der Waals surface area contributed by atoms with Gasteiger partial charge in [-0.25, -0.2) is 4.39 Å². The number of carbonyl (C=O) groups is 1. The van der Waals surface area contributed by atoms with Crippen molar-refractivity contribution in [2.45, 2.75) is 43.8 Å². The number of hydrogen-bond donors (Lipinski definition) is 1. The molecule has 3 aliphatic rings. The average molecular weight is 467 g/mol. The van der Waals surface area contributed by atoms with Crippen LogP contribution in [-0.4, -0.2) is 47.5 Å². The first kappa shape index (κ1) is 21.7. The molecule has 0 radical (unpaired) electrons. The Labute approximate surface area is 204 Å². The van der Waals surface area contributed by atoms with Gasteiger partial charge in [0.25, 0.3) is 5.91 Å². The Morgan fingerprint density at radius 2 is 1.69 bits per heavy atom. The zero-order chi connectivity index (χ0) is 23.9. The number of benzene rings is 3. The standard InChI is InChI=1S/C29H27FN4O/c1-31-22-12-13-23-20(17-22)9-14-26-27(23)32-24(15-18-5-3-2-4-6-18)28-33-25(29(35)34(26)28)16-19-7-10-21(30)11-8-19/h2-8,10-13,17,24-26,31H,9,14-16H2,1H3. The summed E-state index contributed by atoms with van der Waals surface area (Å²) in [7, 11) is 1.92. The summed E-state index contributed by atoms with van der Waals surface area (Å²) < 4.78 is 13.4. The van der Waals surface area contributed by atoms with Gasteiger partial charge in [0.05, 0.1) is 11.8 Å². The second kappa shape index (κ2) is 8.77. The van der Waals surface area contributed by atoms with Crippen molar-refractivity contribution in [3.8, 4) is 0 Å². The van der Waals surface area contributed by atoms with Crippen molar-refractivity contribution in [3.05, 3.63) is 101 Å². The molecular formula is C29H27FN4O. The summed E-state index contributed by atoms with van der Waals surface area (Å²) in [5, 5.41) is 3.22. The molecule has 35 heavy (non-hydrogen) atoms. The van der Waals surface area contributed by atoms with E-state index in [1.807, 2.05) is 30.1 Å². The molecule has 5 nitrogen and oxygen atoms in total. The molecule has 176 valence electrons. The summed E-state index contributed by atoms with van der Waals surface area (Å²) >= 11 is 0. The quantitative estimate of drug-likeness (QED) is 0.604. The molecule has 2 aliphatic heterocycles. The van der Waals surface area contributed by atoms with Crippen molar-refractivity contribution in [1.29, 1.82) is 0 Å². The molecule has 6 heteroatoms. The van der Waals surface area contributed by atoms with E-state index in [1.54, 1.807) is 12.1 Å². The van der Waals surface area contributed by atoms with Crippen LogP contribution >= 0.6 is 0 Å². The van der Waals surface area contributed by atoms with Crippen molar-refractivity contribution < 1.29 is 9.18 Å². The predicted octanol–water partition coefficient (Wildman–Crippen LogP) is 4.45. The van der Waals surface area contributed by atoms with E-state index in [1.165, 1.54) is 23.3 Å². The van der Waals surface area contributed by atoms with E-state index in [0.717, 1.165) is 41.2 Å². The molecule has 0 saturated carbocycles. The van der Waals surface area contributed by atoms with Gasteiger partial charge in [0, 0.05) is 31.1 Å². The highest BCUT2D eigenvalue weighted by molar-refractivity contribution is 6.19. The maximum atomic E-state index is 13.7. The van der Waals surface area contributed by atoms with Gasteiger partial charge in [-0.2, -0.15) is 0 Å². The Bertz CT molecular complexity index is 1330. The van der Waals surface area contributed by atoms with Gasteiger partial charge in [0.15, 0.2) is 0 Å². The van der Waals surface area contributed by atoms with Crippen LogP contribution in [0.15, 0.2) is 82.8 Å². The summed E-state index contributed by atoms with van der Waals surface area (Å²) in [6.45, 7) is 0. The Hall–Kier alpha value is -3.80. The highest BCUT2D eigenvalue weighted by atomic mass is 19.1. The summed E-state index contributed by atoms with van der Waals surface area (Å²) in [6, 6.07) is 22.2. The molecule has 1 amide bonds. The van der Waals surface area contributed by atoms with E-state index in [2.05, 4.69) is 35.6 Å². The third-order valence-corrected chi connectivity index (χ3v) is 7.25. The fourth-order valence-electron chi connectivity index (χ4n) is 5.51. The number of amides is 1. The number of anilines is 1. The molecule has 1 N–H and O–H groups in total. The summed E-state index contributed by atoms with van der Waals surface area (Å²) in [5.41, 5.74) is 6.54. The number of nitrogens with one attached hydrogen (secondary N) is 1. The average Bonchev–Trinajstić information content (AvgIpc) is 3.22. The SMILES string of the molecule is CNc1ccc2c(c1)CCC1C2=NC(Cc2ccccc2)C2=NC(Cc3ccc(F)cc3)C(=O)N21. The Morgan fingerprint density at radius 3 is 2.46 bits per heavy atom. The van der Waals surface area contributed by atoms with Gasteiger partial charge in [0.2, 0.25) is 0 Å². The minimum absolute atomic E-state index is 0.0232. The molecule has 0 bridgehead atoms. The molecular weight excluding hydrogens is 439 g/mol. The number of nitrogens with zero attached hydrogens (tertiary/aromatic N) is 3. The van der Waals surface area contributed by atoms with Crippen LogP contribution in [0.25, 0.3) is 0 Å². The van der Waals surface area contributed by atoms with Gasteiger partial charge in [-0.1, -0.05) is 48.5 Å². The maximum absolute atomic E-state index is 13.7. The van der Waals surface area contributed by atoms with Crippen molar-refractivity contribution in [3.63, 3.8) is 0 Å². The zero-order valence-electron chi connectivity index (χ0n) is 19.6. The van der Waals surface area contributed by atoms with Crippen LogP contribution in [0.2, 0.25) is 0 Å². The van der Waals surface area contributed by atoms with Crippen molar-refractivity contribution in [2.24, 2.45) is 9.98 Å². The minimum atomic E-state index is -0.503. The molecule has 0 saturated heterocycles. The highest BCUT2D eigenvalue weighted by Crippen LogP contribution is 2.35. The summed E-state index contributed by atoms with van der Waals surface area (Å²) in [4.78, 5) is 25.9. The van der Waals surface area contributed by atoms with Gasteiger partial charge >= 0.3 is 0 Å². The van der Waals surface area contributed by atoms with Crippen molar-refractivity contribution in [2.75, 3.05) is 12.4 Å². The number of fused-ring (bicyclic) bond motifs is 5. The van der Waals surface area contributed by atoms with E-state index in [4.69, 9.17) is 9.98 Å². The number of halogens is 1.